The van der Waals surface area contributed by atoms with Gasteiger partial charge in [0.25, 0.3) is 0 Å². The van der Waals surface area contributed by atoms with E-state index in [1.54, 1.807) is 6.07 Å². The van der Waals surface area contributed by atoms with Gasteiger partial charge in [-0.3, -0.25) is 10.1 Å². The molecule has 5 nitrogen and oxygen atoms in total. The van der Waals surface area contributed by atoms with Gasteiger partial charge in [0.2, 0.25) is 11.8 Å². The van der Waals surface area contributed by atoms with Crippen LogP contribution in [-0.2, 0) is 10.2 Å². The van der Waals surface area contributed by atoms with E-state index in [4.69, 9.17) is 10.3 Å². The van der Waals surface area contributed by atoms with E-state index in [0.717, 1.165) is 5.69 Å². The molecule has 0 saturated heterocycles. The molecule has 0 saturated carbocycles. The molecule has 0 fully saturated rings. The summed E-state index contributed by atoms with van der Waals surface area (Å²) < 4.78 is 4.93. The summed E-state index contributed by atoms with van der Waals surface area (Å²) in [7, 11) is 0. The summed E-state index contributed by atoms with van der Waals surface area (Å²) in [6.45, 7) is 5.98. The highest BCUT2D eigenvalue weighted by atomic mass is 16.5. The van der Waals surface area contributed by atoms with Crippen LogP contribution in [0.4, 0.5) is 5.88 Å². The minimum Gasteiger partial charge on any atom is -0.338 e. The van der Waals surface area contributed by atoms with Crippen molar-refractivity contribution in [3.05, 3.63) is 11.8 Å². The van der Waals surface area contributed by atoms with Gasteiger partial charge in [0.15, 0.2) is 0 Å². The lowest BCUT2D eigenvalue weighted by atomic mass is 9.92. The summed E-state index contributed by atoms with van der Waals surface area (Å²) >= 11 is 0. The average Bonchev–Trinajstić information content (AvgIpc) is 2.51. The number of nitrogens with two attached hydrogens (primary N) is 1. The Hall–Kier alpha value is -1.36. The highest BCUT2D eigenvalue weighted by Gasteiger charge is 2.19. The third kappa shape index (κ3) is 2.56. The summed E-state index contributed by atoms with van der Waals surface area (Å²) in [5.41, 5.74) is 5.85. The van der Waals surface area contributed by atoms with E-state index >= 15 is 0 Å². The lowest BCUT2D eigenvalue weighted by Gasteiger charge is -2.12. The molecule has 0 radical (unpaired) electrons. The van der Waals surface area contributed by atoms with Gasteiger partial charge in [-0.25, -0.2) is 0 Å². The molecule has 1 heterocycles. The van der Waals surface area contributed by atoms with Gasteiger partial charge in [0, 0.05) is 11.5 Å². The predicted molar refractivity (Wildman–Crippen MR) is 52.9 cm³/mol. The largest absolute Gasteiger partial charge is 0.338 e. The van der Waals surface area contributed by atoms with E-state index < -0.39 is 0 Å². The van der Waals surface area contributed by atoms with Crippen molar-refractivity contribution in [3.8, 4) is 0 Å². The molecule has 0 bridgehead atoms. The summed E-state index contributed by atoms with van der Waals surface area (Å²) in [6, 6.07) is 1.70. The molecule has 1 aromatic heterocycles. The molecule has 5 heteroatoms. The normalized spacial score (nSPS) is 11.4. The van der Waals surface area contributed by atoms with Crippen molar-refractivity contribution in [1.29, 1.82) is 0 Å². The summed E-state index contributed by atoms with van der Waals surface area (Å²) in [5, 5.41) is 6.34. The molecule has 0 aliphatic rings. The first-order valence-electron chi connectivity index (χ1n) is 4.40. The van der Waals surface area contributed by atoms with Crippen LogP contribution >= 0.6 is 0 Å². The third-order valence-corrected chi connectivity index (χ3v) is 1.73. The van der Waals surface area contributed by atoms with Gasteiger partial charge in [-0.05, 0) is 0 Å². The topological polar surface area (TPSA) is 81.2 Å². The van der Waals surface area contributed by atoms with Crippen molar-refractivity contribution in [2.75, 3.05) is 11.9 Å². The molecular formula is C9H15N3O2. The van der Waals surface area contributed by atoms with Gasteiger partial charge in [-0.1, -0.05) is 25.9 Å². The van der Waals surface area contributed by atoms with Crippen LogP contribution in [0.3, 0.4) is 0 Å². The molecule has 1 aromatic rings. The molecular weight excluding hydrogens is 182 g/mol. The van der Waals surface area contributed by atoms with Gasteiger partial charge in [0.1, 0.15) is 0 Å². The Morgan fingerprint density at radius 1 is 1.64 bits per heavy atom. The first-order valence-corrected chi connectivity index (χ1v) is 4.40. The first-order chi connectivity index (χ1) is 6.43. The van der Waals surface area contributed by atoms with Crippen LogP contribution in [0.5, 0.6) is 0 Å². The van der Waals surface area contributed by atoms with E-state index in [1.807, 2.05) is 20.8 Å². The van der Waals surface area contributed by atoms with E-state index in [2.05, 4.69) is 10.5 Å². The minimum absolute atomic E-state index is 0.0639. The number of nitrogens with one attached hydrogen (secondary N) is 1. The Labute approximate surface area is 82.6 Å². The van der Waals surface area contributed by atoms with Crippen LogP contribution in [0.1, 0.15) is 26.5 Å². The molecule has 1 rings (SSSR count). The zero-order valence-corrected chi connectivity index (χ0v) is 8.63. The quantitative estimate of drug-likeness (QED) is 0.737. The second-order valence-corrected chi connectivity index (χ2v) is 4.08. The number of aromatic nitrogens is 1. The van der Waals surface area contributed by atoms with Crippen molar-refractivity contribution in [2.45, 2.75) is 26.2 Å². The molecule has 1 amide bonds. The second-order valence-electron chi connectivity index (χ2n) is 4.08. The smallest absolute Gasteiger partial charge is 0.240 e. The van der Waals surface area contributed by atoms with Gasteiger partial charge >= 0.3 is 0 Å². The highest BCUT2D eigenvalue weighted by Crippen LogP contribution is 2.23. The molecule has 0 spiro atoms. The molecule has 0 aliphatic heterocycles. The summed E-state index contributed by atoms with van der Waals surface area (Å²) in [4.78, 5) is 10.9. The minimum atomic E-state index is -0.290. The van der Waals surface area contributed by atoms with Crippen LogP contribution in [0.2, 0.25) is 0 Å². The van der Waals surface area contributed by atoms with Gasteiger partial charge < -0.3 is 10.3 Å². The molecule has 78 valence electrons. The summed E-state index contributed by atoms with van der Waals surface area (Å²) in [6.07, 6.45) is 0. The van der Waals surface area contributed by atoms with E-state index in [1.165, 1.54) is 0 Å². The van der Waals surface area contributed by atoms with Crippen molar-refractivity contribution in [2.24, 2.45) is 5.73 Å². The Balaban J connectivity index is 2.74. The van der Waals surface area contributed by atoms with Gasteiger partial charge in [-0.2, -0.15) is 0 Å². The number of hydrogen-bond acceptors (Lipinski definition) is 4. The zero-order chi connectivity index (χ0) is 10.8. The number of hydrogen-bond donors (Lipinski definition) is 2. The van der Waals surface area contributed by atoms with Crippen LogP contribution in [0.25, 0.3) is 0 Å². The van der Waals surface area contributed by atoms with Crippen molar-refractivity contribution < 1.29 is 9.32 Å². The monoisotopic (exact) mass is 197 g/mol. The molecule has 0 aromatic carbocycles. The fourth-order valence-electron chi connectivity index (χ4n) is 0.876. The fourth-order valence-corrected chi connectivity index (χ4v) is 0.876. The van der Waals surface area contributed by atoms with E-state index in [-0.39, 0.29) is 17.9 Å². The predicted octanol–water partition coefficient (Wildman–Crippen LogP) is 0.869. The van der Waals surface area contributed by atoms with Crippen molar-refractivity contribution in [3.63, 3.8) is 0 Å². The number of carbonyl (C=O) groups is 1. The Morgan fingerprint density at radius 2 is 2.29 bits per heavy atom. The lowest BCUT2D eigenvalue weighted by Crippen LogP contribution is -2.21. The lowest BCUT2D eigenvalue weighted by molar-refractivity contribution is -0.115. The van der Waals surface area contributed by atoms with E-state index in [9.17, 15) is 4.79 Å². The number of nitrogens with zero attached hydrogens (tertiary/aromatic N) is 1. The van der Waals surface area contributed by atoms with E-state index in [0.29, 0.717) is 5.88 Å². The summed E-state index contributed by atoms with van der Waals surface area (Å²) in [5.74, 6) is 0.0481. The van der Waals surface area contributed by atoms with Crippen molar-refractivity contribution >= 4 is 11.8 Å². The average molecular weight is 197 g/mol. The third-order valence-electron chi connectivity index (χ3n) is 1.73. The van der Waals surface area contributed by atoms with Crippen LogP contribution in [-0.4, -0.2) is 17.6 Å². The van der Waals surface area contributed by atoms with Crippen molar-refractivity contribution in [1.82, 2.24) is 5.16 Å². The Morgan fingerprint density at radius 3 is 2.71 bits per heavy atom. The first kappa shape index (κ1) is 10.7. The van der Waals surface area contributed by atoms with Crippen LogP contribution in [0.15, 0.2) is 10.6 Å². The number of anilines is 1. The fraction of sp³-hybridized carbons (Fsp3) is 0.556. The molecule has 0 unspecified atom stereocenters. The number of carbonyl (C=O) groups excluding carboxylic acids is 1. The number of amides is 1. The van der Waals surface area contributed by atoms with Crippen LogP contribution < -0.4 is 11.1 Å². The second kappa shape index (κ2) is 3.79. The Kier molecular flexibility index (Phi) is 2.90. The molecule has 14 heavy (non-hydrogen) atoms. The Bertz CT molecular complexity index is 325. The standard InChI is InChI=1S/C9H15N3O2/c1-9(2,3)6-4-8(14-12-6)11-7(13)5-10/h4H,5,10H2,1-3H3,(H,11,13). The van der Waals surface area contributed by atoms with Gasteiger partial charge in [-0.15, -0.1) is 0 Å². The molecule has 0 aliphatic carbocycles. The molecule has 0 atom stereocenters. The maximum absolute atomic E-state index is 10.9. The zero-order valence-electron chi connectivity index (χ0n) is 8.63. The maximum atomic E-state index is 10.9. The van der Waals surface area contributed by atoms with Crippen LogP contribution in [0, 0.1) is 0 Å². The van der Waals surface area contributed by atoms with Gasteiger partial charge in [0.05, 0.1) is 12.2 Å². The SMILES string of the molecule is CC(C)(C)c1cc(NC(=O)CN)on1. The highest BCUT2D eigenvalue weighted by molar-refractivity contribution is 5.90. The molecule has 3 N–H and O–H groups in total. The maximum Gasteiger partial charge on any atom is 0.240 e. The number of rotatable bonds is 2.